The Hall–Kier alpha value is -0.610. The van der Waals surface area contributed by atoms with Crippen LogP contribution in [0.5, 0.6) is 0 Å². The van der Waals surface area contributed by atoms with Crippen molar-refractivity contribution in [3.05, 3.63) is 0 Å². The van der Waals surface area contributed by atoms with E-state index in [4.69, 9.17) is 5.11 Å². The topological polar surface area (TPSA) is 52.6 Å². The Kier molecular flexibility index (Phi) is 5.92. The van der Waals surface area contributed by atoms with Crippen molar-refractivity contribution in [2.75, 3.05) is 33.3 Å². The molecule has 0 saturated carbocycles. The number of nitrogens with one attached hydrogen (secondary N) is 1. The number of amides is 1. The van der Waals surface area contributed by atoms with Gasteiger partial charge >= 0.3 is 0 Å². The van der Waals surface area contributed by atoms with Gasteiger partial charge in [0.2, 0.25) is 5.91 Å². The quantitative estimate of drug-likeness (QED) is 0.655. The van der Waals surface area contributed by atoms with E-state index in [2.05, 4.69) is 12.2 Å². The lowest BCUT2D eigenvalue weighted by molar-refractivity contribution is -0.140. The molecular weight excluding hydrogens is 216 g/mol. The molecule has 4 nitrogen and oxygen atoms in total. The first kappa shape index (κ1) is 14.5. The van der Waals surface area contributed by atoms with Gasteiger partial charge < -0.3 is 15.3 Å². The molecule has 1 atom stereocenters. The van der Waals surface area contributed by atoms with E-state index < -0.39 is 0 Å². The first-order chi connectivity index (χ1) is 8.16. The van der Waals surface area contributed by atoms with Gasteiger partial charge in [0.15, 0.2) is 0 Å². The van der Waals surface area contributed by atoms with Gasteiger partial charge in [-0.15, -0.1) is 0 Å². The minimum atomic E-state index is -0.161. The normalized spacial score (nSPS) is 23.9. The first-order valence-electron chi connectivity index (χ1n) is 6.73. The standard InChI is InChI=1S/C13H26N2O2/c1-3-13(7-8-14-11-13)12(17)15(2)9-5-4-6-10-16/h14,16H,3-11H2,1-2H3. The molecular formula is C13H26N2O2. The fourth-order valence-electron chi connectivity index (χ4n) is 2.52. The summed E-state index contributed by atoms with van der Waals surface area (Å²) in [5.41, 5.74) is -0.161. The van der Waals surface area contributed by atoms with Crippen molar-refractivity contribution in [3.8, 4) is 0 Å². The molecule has 1 saturated heterocycles. The van der Waals surface area contributed by atoms with Crippen LogP contribution in [0.15, 0.2) is 0 Å². The molecule has 1 aliphatic heterocycles. The number of nitrogens with zero attached hydrogens (tertiary/aromatic N) is 1. The van der Waals surface area contributed by atoms with Crippen molar-refractivity contribution in [2.45, 2.75) is 39.0 Å². The summed E-state index contributed by atoms with van der Waals surface area (Å²) in [6, 6.07) is 0. The molecule has 0 radical (unpaired) electrons. The fourth-order valence-corrected chi connectivity index (χ4v) is 2.52. The molecule has 0 spiro atoms. The van der Waals surface area contributed by atoms with Crippen LogP contribution in [0.3, 0.4) is 0 Å². The molecule has 0 aromatic heterocycles. The number of rotatable bonds is 7. The smallest absolute Gasteiger partial charge is 0.229 e. The van der Waals surface area contributed by atoms with Crippen LogP contribution < -0.4 is 5.32 Å². The molecule has 1 fully saturated rings. The van der Waals surface area contributed by atoms with E-state index in [-0.39, 0.29) is 17.9 Å². The zero-order chi connectivity index (χ0) is 12.7. The largest absolute Gasteiger partial charge is 0.396 e. The minimum Gasteiger partial charge on any atom is -0.396 e. The summed E-state index contributed by atoms with van der Waals surface area (Å²) in [4.78, 5) is 14.3. The van der Waals surface area contributed by atoms with Gasteiger partial charge in [-0.1, -0.05) is 6.92 Å². The second-order valence-corrected chi connectivity index (χ2v) is 5.07. The average Bonchev–Trinajstić information content (AvgIpc) is 2.83. The van der Waals surface area contributed by atoms with E-state index in [1.165, 1.54) is 0 Å². The maximum Gasteiger partial charge on any atom is 0.229 e. The summed E-state index contributed by atoms with van der Waals surface area (Å²) in [6.07, 6.45) is 4.69. The van der Waals surface area contributed by atoms with Crippen LogP contribution in [-0.2, 0) is 4.79 Å². The van der Waals surface area contributed by atoms with Crippen molar-refractivity contribution < 1.29 is 9.90 Å². The summed E-state index contributed by atoms with van der Waals surface area (Å²) in [5, 5.41) is 12.0. The summed E-state index contributed by atoms with van der Waals surface area (Å²) in [7, 11) is 1.90. The molecule has 1 aliphatic rings. The molecule has 1 amide bonds. The summed E-state index contributed by atoms with van der Waals surface area (Å²) >= 11 is 0. The monoisotopic (exact) mass is 242 g/mol. The number of carbonyl (C=O) groups excluding carboxylic acids is 1. The highest BCUT2D eigenvalue weighted by atomic mass is 16.2. The van der Waals surface area contributed by atoms with Gasteiger partial charge in [0.05, 0.1) is 5.41 Å². The van der Waals surface area contributed by atoms with Gasteiger partial charge in [-0.2, -0.15) is 0 Å². The van der Waals surface area contributed by atoms with E-state index in [9.17, 15) is 4.79 Å². The molecule has 1 rings (SSSR count). The van der Waals surface area contributed by atoms with E-state index in [1.54, 1.807) is 0 Å². The van der Waals surface area contributed by atoms with Crippen LogP contribution in [0.2, 0.25) is 0 Å². The van der Waals surface area contributed by atoms with Gasteiger partial charge in [0.1, 0.15) is 0 Å². The molecule has 0 aliphatic carbocycles. The predicted molar refractivity (Wildman–Crippen MR) is 68.8 cm³/mol. The number of aliphatic hydroxyl groups is 1. The van der Waals surface area contributed by atoms with Crippen molar-refractivity contribution in [3.63, 3.8) is 0 Å². The zero-order valence-corrected chi connectivity index (χ0v) is 11.2. The Bertz CT molecular complexity index is 238. The van der Waals surface area contributed by atoms with Gasteiger partial charge in [-0.25, -0.2) is 0 Å². The molecule has 2 N–H and O–H groups in total. The van der Waals surface area contributed by atoms with Crippen LogP contribution in [0.1, 0.15) is 39.0 Å². The van der Waals surface area contributed by atoms with Crippen molar-refractivity contribution >= 4 is 5.91 Å². The van der Waals surface area contributed by atoms with E-state index in [1.807, 2.05) is 11.9 Å². The fraction of sp³-hybridized carbons (Fsp3) is 0.923. The van der Waals surface area contributed by atoms with E-state index in [0.29, 0.717) is 0 Å². The van der Waals surface area contributed by atoms with Gasteiger partial charge in [0, 0.05) is 26.7 Å². The maximum atomic E-state index is 12.4. The number of carbonyl (C=O) groups is 1. The molecule has 0 bridgehead atoms. The molecule has 4 heteroatoms. The second-order valence-electron chi connectivity index (χ2n) is 5.07. The molecule has 0 aromatic carbocycles. The van der Waals surface area contributed by atoms with E-state index in [0.717, 1.165) is 51.7 Å². The molecule has 17 heavy (non-hydrogen) atoms. The Morgan fingerprint density at radius 1 is 1.41 bits per heavy atom. The Morgan fingerprint density at radius 2 is 2.18 bits per heavy atom. The van der Waals surface area contributed by atoms with Gasteiger partial charge in [-0.05, 0) is 38.6 Å². The highest BCUT2D eigenvalue weighted by Gasteiger charge is 2.40. The Morgan fingerprint density at radius 3 is 2.71 bits per heavy atom. The number of hydrogen-bond donors (Lipinski definition) is 2. The number of hydrogen-bond acceptors (Lipinski definition) is 3. The minimum absolute atomic E-state index is 0.161. The zero-order valence-electron chi connectivity index (χ0n) is 11.2. The summed E-state index contributed by atoms with van der Waals surface area (Å²) in [5.74, 6) is 0.286. The maximum absolute atomic E-state index is 12.4. The van der Waals surface area contributed by atoms with Crippen molar-refractivity contribution in [1.29, 1.82) is 0 Å². The van der Waals surface area contributed by atoms with E-state index >= 15 is 0 Å². The molecule has 1 heterocycles. The van der Waals surface area contributed by atoms with Crippen molar-refractivity contribution in [2.24, 2.45) is 5.41 Å². The van der Waals surface area contributed by atoms with Crippen molar-refractivity contribution in [1.82, 2.24) is 10.2 Å². The van der Waals surface area contributed by atoms with Gasteiger partial charge in [-0.3, -0.25) is 4.79 Å². The molecule has 100 valence electrons. The summed E-state index contributed by atoms with van der Waals surface area (Å²) < 4.78 is 0. The lowest BCUT2D eigenvalue weighted by Crippen LogP contribution is -2.43. The highest BCUT2D eigenvalue weighted by molar-refractivity contribution is 5.83. The second kappa shape index (κ2) is 6.97. The SMILES string of the molecule is CCC1(C(=O)N(C)CCCCCO)CCNC1. The lowest BCUT2D eigenvalue weighted by Gasteiger charge is -2.30. The molecule has 0 aromatic rings. The van der Waals surface area contributed by atoms with Crippen LogP contribution in [0, 0.1) is 5.41 Å². The third-order valence-electron chi connectivity index (χ3n) is 3.87. The lowest BCUT2D eigenvalue weighted by atomic mass is 9.83. The number of aliphatic hydroxyl groups excluding tert-OH is 1. The third-order valence-corrected chi connectivity index (χ3v) is 3.87. The Labute approximate surface area is 104 Å². The van der Waals surface area contributed by atoms with Crippen LogP contribution in [-0.4, -0.2) is 49.2 Å². The average molecular weight is 242 g/mol. The van der Waals surface area contributed by atoms with Gasteiger partial charge in [0.25, 0.3) is 0 Å². The number of unbranched alkanes of at least 4 members (excludes halogenated alkanes) is 2. The summed E-state index contributed by atoms with van der Waals surface area (Å²) in [6.45, 7) is 4.94. The third kappa shape index (κ3) is 3.68. The highest BCUT2D eigenvalue weighted by Crippen LogP contribution is 2.31. The molecule has 1 unspecified atom stereocenters. The van der Waals surface area contributed by atoms with Crippen LogP contribution in [0.4, 0.5) is 0 Å². The van der Waals surface area contributed by atoms with Crippen LogP contribution in [0.25, 0.3) is 0 Å². The Balaban J connectivity index is 2.39. The first-order valence-corrected chi connectivity index (χ1v) is 6.73. The van der Waals surface area contributed by atoms with Crippen LogP contribution >= 0.6 is 0 Å². The predicted octanol–water partition coefficient (Wildman–Crippen LogP) is 0.997.